The lowest BCUT2D eigenvalue weighted by Crippen LogP contribution is -2.20. The summed E-state index contributed by atoms with van der Waals surface area (Å²) in [6, 6.07) is 0. The van der Waals surface area contributed by atoms with Gasteiger partial charge in [0, 0.05) is 6.54 Å². The van der Waals surface area contributed by atoms with Crippen molar-refractivity contribution in [3.63, 3.8) is 0 Å². The van der Waals surface area contributed by atoms with Crippen LogP contribution in [0.5, 0.6) is 0 Å². The molecule has 1 unspecified atom stereocenters. The molecule has 70 valence electrons. The molecule has 0 aliphatic heterocycles. The van der Waals surface area contributed by atoms with Gasteiger partial charge in [-0.3, -0.25) is 0 Å². The maximum atomic E-state index is 12.5. The number of alkyl halides is 1. The normalized spacial score (nSPS) is 19.3. The van der Waals surface area contributed by atoms with Crippen molar-refractivity contribution in [2.45, 2.75) is 31.9 Å². The highest BCUT2D eigenvalue weighted by Crippen LogP contribution is 2.14. The van der Waals surface area contributed by atoms with Crippen LogP contribution in [0.1, 0.15) is 25.7 Å². The van der Waals surface area contributed by atoms with Gasteiger partial charge in [0.2, 0.25) is 0 Å². The number of oxime groups is 1. The van der Waals surface area contributed by atoms with E-state index >= 15 is 0 Å². The lowest BCUT2D eigenvalue weighted by atomic mass is 10.3. The Hall–Kier alpha value is -0.640. The first-order valence-corrected chi connectivity index (χ1v) is 4.34. The van der Waals surface area contributed by atoms with Gasteiger partial charge >= 0.3 is 0 Å². The van der Waals surface area contributed by atoms with Gasteiger partial charge in [-0.1, -0.05) is 5.16 Å². The van der Waals surface area contributed by atoms with E-state index in [1.807, 2.05) is 0 Å². The zero-order chi connectivity index (χ0) is 8.81. The summed E-state index contributed by atoms with van der Waals surface area (Å²) in [5.74, 6) is 0. The van der Waals surface area contributed by atoms with Crippen LogP contribution in [0.25, 0.3) is 0 Å². The fourth-order valence-corrected chi connectivity index (χ4v) is 1.15. The maximum absolute atomic E-state index is 12.5. The standard InChI is InChI=1S/C8H15FN2O/c9-7(5-10)6-12-11-8-3-1-2-4-8/h7H,1-6,10H2. The van der Waals surface area contributed by atoms with Crippen molar-refractivity contribution < 1.29 is 9.23 Å². The highest BCUT2D eigenvalue weighted by Gasteiger charge is 2.09. The highest BCUT2D eigenvalue weighted by molar-refractivity contribution is 5.85. The fraction of sp³-hybridized carbons (Fsp3) is 0.875. The lowest BCUT2D eigenvalue weighted by molar-refractivity contribution is 0.0893. The summed E-state index contributed by atoms with van der Waals surface area (Å²) in [6.07, 6.45) is 3.27. The molecule has 0 spiro atoms. The van der Waals surface area contributed by atoms with Gasteiger partial charge < -0.3 is 10.6 Å². The molecular weight excluding hydrogens is 159 g/mol. The molecule has 12 heavy (non-hydrogen) atoms. The van der Waals surface area contributed by atoms with Crippen LogP contribution in [0.2, 0.25) is 0 Å². The summed E-state index contributed by atoms with van der Waals surface area (Å²) < 4.78 is 12.5. The number of hydrogen-bond donors (Lipinski definition) is 1. The van der Waals surface area contributed by atoms with Crippen molar-refractivity contribution in [3.05, 3.63) is 0 Å². The van der Waals surface area contributed by atoms with E-state index in [4.69, 9.17) is 10.6 Å². The Morgan fingerprint density at radius 1 is 1.50 bits per heavy atom. The highest BCUT2D eigenvalue weighted by atomic mass is 19.1. The SMILES string of the molecule is NCC(F)CON=C1CCCC1. The minimum atomic E-state index is -1.09. The zero-order valence-electron chi connectivity index (χ0n) is 7.13. The number of rotatable bonds is 4. The van der Waals surface area contributed by atoms with Crippen molar-refractivity contribution in [1.82, 2.24) is 0 Å². The Morgan fingerprint density at radius 3 is 2.75 bits per heavy atom. The summed E-state index contributed by atoms with van der Waals surface area (Å²) in [6.45, 7) is -0.00907. The molecule has 0 bridgehead atoms. The van der Waals surface area contributed by atoms with Gasteiger partial charge in [-0.25, -0.2) is 4.39 Å². The molecule has 1 fully saturated rings. The predicted molar refractivity (Wildman–Crippen MR) is 45.8 cm³/mol. The molecule has 1 atom stereocenters. The summed E-state index contributed by atoms with van der Waals surface area (Å²) in [5.41, 5.74) is 6.12. The minimum absolute atomic E-state index is 0.00481. The molecular formula is C8H15FN2O. The van der Waals surface area contributed by atoms with Crippen LogP contribution in [-0.4, -0.2) is 25.0 Å². The van der Waals surface area contributed by atoms with Crippen LogP contribution in [0.15, 0.2) is 5.16 Å². The summed E-state index contributed by atoms with van der Waals surface area (Å²) >= 11 is 0. The molecule has 4 heteroatoms. The largest absolute Gasteiger partial charge is 0.393 e. The molecule has 0 aromatic rings. The van der Waals surface area contributed by atoms with E-state index in [-0.39, 0.29) is 13.2 Å². The maximum Gasteiger partial charge on any atom is 0.149 e. The Morgan fingerprint density at radius 2 is 2.17 bits per heavy atom. The van der Waals surface area contributed by atoms with Gasteiger partial charge in [0.1, 0.15) is 12.8 Å². The third-order valence-corrected chi connectivity index (χ3v) is 1.89. The number of hydrogen-bond acceptors (Lipinski definition) is 3. The quantitative estimate of drug-likeness (QED) is 0.651. The second-order valence-electron chi connectivity index (χ2n) is 2.99. The minimum Gasteiger partial charge on any atom is -0.393 e. The summed E-state index contributed by atoms with van der Waals surface area (Å²) in [7, 11) is 0. The van der Waals surface area contributed by atoms with Gasteiger partial charge in [-0.05, 0) is 25.7 Å². The van der Waals surface area contributed by atoms with Crippen molar-refractivity contribution in [3.8, 4) is 0 Å². The first-order valence-electron chi connectivity index (χ1n) is 4.34. The number of nitrogens with two attached hydrogens (primary N) is 1. The Balaban J connectivity index is 2.11. The van der Waals surface area contributed by atoms with E-state index in [2.05, 4.69) is 5.16 Å². The van der Waals surface area contributed by atoms with E-state index in [9.17, 15) is 4.39 Å². The zero-order valence-corrected chi connectivity index (χ0v) is 7.13. The Kier molecular flexibility index (Phi) is 4.00. The van der Waals surface area contributed by atoms with Crippen LogP contribution in [0, 0.1) is 0 Å². The summed E-state index contributed by atoms with van der Waals surface area (Å²) in [5, 5.41) is 3.83. The molecule has 0 saturated heterocycles. The molecule has 0 aromatic carbocycles. The molecule has 1 aliphatic rings. The molecule has 1 rings (SSSR count). The first-order chi connectivity index (χ1) is 5.83. The lowest BCUT2D eigenvalue weighted by Gasteiger charge is -2.03. The summed E-state index contributed by atoms with van der Waals surface area (Å²) in [4.78, 5) is 4.80. The molecule has 3 nitrogen and oxygen atoms in total. The van der Waals surface area contributed by atoms with Crippen molar-refractivity contribution >= 4 is 5.71 Å². The molecule has 2 N–H and O–H groups in total. The molecule has 0 aromatic heterocycles. The molecule has 1 saturated carbocycles. The van der Waals surface area contributed by atoms with Gasteiger partial charge in [0.15, 0.2) is 0 Å². The van der Waals surface area contributed by atoms with E-state index in [0.29, 0.717) is 0 Å². The fourth-order valence-electron chi connectivity index (χ4n) is 1.15. The predicted octanol–water partition coefficient (Wildman–Crippen LogP) is 1.23. The molecule has 0 heterocycles. The van der Waals surface area contributed by atoms with Crippen LogP contribution < -0.4 is 5.73 Å². The van der Waals surface area contributed by atoms with E-state index < -0.39 is 6.17 Å². The second kappa shape index (κ2) is 5.09. The van der Waals surface area contributed by atoms with Crippen molar-refractivity contribution in [1.29, 1.82) is 0 Å². The van der Waals surface area contributed by atoms with Crippen LogP contribution in [-0.2, 0) is 4.84 Å². The molecule has 0 amide bonds. The third-order valence-electron chi connectivity index (χ3n) is 1.89. The number of halogens is 1. The Labute approximate surface area is 71.8 Å². The van der Waals surface area contributed by atoms with E-state index in [1.54, 1.807) is 0 Å². The van der Waals surface area contributed by atoms with Crippen LogP contribution >= 0.6 is 0 Å². The average Bonchev–Trinajstić information content (AvgIpc) is 2.57. The van der Waals surface area contributed by atoms with Crippen molar-refractivity contribution in [2.75, 3.05) is 13.2 Å². The van der Waals surface area contributed by atoms with Crippen molar-refractivity contribution in [2.24, 2.45) is 10.9 Å². The number of nitrogens with zero attached hydrogens (tertiary/aromatic N) is 1. The second-order valence-corrected chi connectivity index (χ2v) is 2.99. The molecule has 1 aliphatic carbocycles. The van der Waals surface area contributed by atoms with Gasteiger partial charge in [0.25, 0.3) is 0 Å². The van der Waals surface area contributed by atoms with Gasteiger partial charge in [0.05, 0.1) is 5.71 Å². The third kappa shape index (κ3) is 3.17. The topological polar surface area (TPSA) is 47.6 Å². The Bertz CT molecular complexity index is 153. The van der Waals surface area contributed by atoms with E-state index in [0.717, 1.165) is 18.6 Å². The van der Waals surface area contributed by atoms with Gasteiger partial charge in [-0.2, -0.15) is 0 Å². The smallest absolute Gasteiger partial charge is 0.149 e. The monoisotopic (exact) mass is 174 g/mol. The first kappa shape index (κ1) is 9.45. The average molecular weight is 174 g/mol. The van der Waals surface area contributed by atoms with Crippen LogP contribution in [0.4, 0.5) is 4.39 Å². The van der Waals surface area contributed by atoms with Gasteiger partial charge in [-0.15, -0.1) is 0 Å². The van der Waals surface area contributed by atoms with E-state index in [1.165, 1.54) is 12.8 Å². The van der Waals surface area contributed by atoms with Crippen LogP contribution in [0.3, 0.4) is 0 Å². The molecule has 0 radical (unpaired) electrons.